The maximum absolute atomic E-state index is 12.7. The Hall–Kier alpha value is -2.40. The van der Waals surface area contributed by atoms with E-state index >= 15 is 0 Å². The number of pyridine rings is 1. The fraction of sp³-hybridized carbons (Fsp3) is 0.0625. The van der Waals surface area contributed by atoms with E-state index in [4.69, 9.17) is 0 Å². The second kappa shape index (κ2) is 5.18. The van der Waals surface area contributed by atoms with Crippen LogP contribution in [0.1, 0.15) is 5.56 Å². The quantitative estimate of drug-likeness (QED) is 0.747. The molecule has 0 N–H and O–H groups in total. The van der Waals surface area contributed by atoms with E-state index in [0.717, 1.165) is 11.1 Å². The molecule has 1 aromatic carbocycles. The van der Waals surface area contributed by atoms with Crippen LogP contribution in [0.5, 0.6) is 0 Å². The molecule has 0 atom stereocenters. The van der Waals surface area contributed by atoms with Crippen molar-refractivity contribution in [1.82, 2.24) is 8.96 Å². The van der Waals surface area contributed by atoms with E-state index < -0.39 is 10.0 Å². The van der Waals surface area contributed by atoms with Crippen LogP contribution in [0.3, 0.4) is 0 Å². The molecule has 0 saturated carbocycles. The normalized spacial score (nSPS) is 11.5. The minimum Gasteiger partial charge on any atom is -0.263 e. The highest BCUT2D eigenvalue weighted by Gasteiger charge is 2.20. The molecule has 0 aliphatic rings. The van der Waals surface area contributed by atoms with Gasteiger partial charge in [-0.25, -0.2) is 12.4 Å². The summed E-state index contributed by atoms with van der Waals surface area (Å²) in [5.74, 6) is 0. The van der Waals surface area contributed by atoms with Crippen molar-refractivity contribution in [3.05, 3.63) is 72.7 Å². The SMILES string of the molecule is Cc1ccccc1-c1c[c]cn1S(=O)(=O)c1cccnc1. The van der Waals surface area contributed by atoms with Gasteiger partial charge in [0, 0.05) is 30.2 Å². The average Bonchev–Trinajstić information content (AvgIpc) is 2.99. The zero-order valence-electron chi connectivity index (χ0n) is 11.4. The lowest BCUT2D eigenvalue weighted by Gasteiger charge is -2.12. The van der Waals surface area contributed by atoms with Gasteiger partial charge in [-0.3, -0.25) is 4.98 Å². The van der Waals surface area contributed by atoms with Gasteiger partial charge in [0.25, 0.3) is 10.0 Å². The number of hydrogen-bond donors (Lipinski definition) is 0. The van der Waals surface area contributed by atoms with E-state index in [2.05, 4.69) is 11.1 Å². The molecule has 4 nitrogen and oxygen atoms in total. The number of nitrogens with zero attached hydrogens (tertiary/aromatic N) is 2. The Labute approximate surface area is 123 Å². The highest BCUT2D eigenvalue weighted by molar-refractivity contribution is 7.90. The minimum absolute atomic E-state index is 0.157. The molecular formula is C16H13N2O2S. The summed E-state index contributed by atoms with van der Waals surface area (Å²) >= 11 is 0. The summed E-state index contributed by atoms with van der Waals surface area (Å²) < 4.78 is 26.6. The highest BCUT2D eigenvalue weighted by atomic mass is 32.2. The van der Waals surface area contributed by atoms with E-state index in [-0.39, 0.29) is 4.90 Å². The summed E-state index contributed by atoms with van der Waals surface area (Å²) in [6.45, 7) is 1.95. The molecule has 0 aliphatic carbocycles. The first kappa shape index (κ1) is 13.6. The van der Waals surface area contributed by atoms with Crippen LogP contribution in [-0.2, 0) is 10.0 Å². The Morgan fingerprint density at radius 2 is 1.95 bits per heavy atom. The minimum atomic E-state index is -3.67. The summed E-state index contributed by atoms with van der Waals surface area (Å²) in [5.41, 5.74) is 2.47. The molecule has 0 amide bonds. The lowest BCUT2D eigenvalue weighted by molar-refractivity contribution is 0.587. The molecule has 105 valence electrons. The smallest absolute Gasteiger partial charge is 0.263 e. The first-order valence-electron chi connectivity index (χ1n) is 6.41. The van der Waals surface area contributed by atoms with Gasteiger partial charge in [0.2, 0.25) is 0 Å². The van der Waals surface area contributed by atoms with Crippen LogP contribution >= 0.6 is 0 Å². The van der Waals surface area contributed by atoms with E-state index in [0.29, 0.717) is 5.69 Å². The fourth-order valence-corrected chi connectivity index (χ4v) is 3.47. The van der Waals surface area contributed by atoms with E-state index in [1.54, 1.807) is 18.3 Å². The lowest BCUT2D eigenvalue weighted by atomic mass is 10.1. The summed E-state index contributed by atoms with van der Waals surface area (Å²) in [7, 11) is -3.67. The van der Waals surface area contributed by atoms with Gasteiger partial charge in [-0.1, -0.05) is 24.3 Å². The Balaban J connectivity index is 2.19. The number of rotatable bonds is 3. The van der Waals surface area contributed by atoms with Crippen LogP contribution in [0.15, 0.2) is 66.0 Å². The number of aromatic nitrogens is 2. The molecule has 3 rings (SSSR count). The molecule has 1 radical (unpaired) electrons. The third kappa shape index (κ3) is 2.36. The van der Waals surface area contributed by atoms with Crippen LogP contribution in [0.2, 0.25) is 0 Å². The molecule has 0 bridgehead atoms. The summed E-state index contributed by atoms with van der Waals surface area (Å²) in [6.07, 6.45) is 4.32. The highest BCUT2D eigenvalue weighted by Crippen LogP contribution is 2.26. The van der Waals surface area contributed by atoms with Gasteiger partial charge in [-0.05, 0) is 30.7 Å². The third-order valence-corrected chi connectivity index (χ3v) is 4.92. The Morgan fingerprint density at radius 3 is 2.67 bits per heavy atom. The summed E-state index contributed by atoms with van der Waals surface area (Å²) in [4.78, 5) is 4.03. The number of benzene rings is 1. The van der Waals surface area contributed by atoms with Crippen LogP contribution < -0.4 is 0 Å². The van der Waals surface area contributed by atoms with Crippen molar-refractivity contribution in [2.75, 3.05) is 0 Å². The molecule has 21 heavy (non-hydrogen) atoms. The van der Waals surface area contributed by atoms with Gasteiger partial charge in [0.1, 0.15) is 4.90 Å². The predicted molar refractivity (Wildman–Crippen MR) is 80.3 cm³/mol. The summed E-state index contributed by atoms with van der Waals surface area (Å²) in [6, 6.07) is 15.3. The summed E-state index contributed by atoms with van der Waals surface area (Å²) in [5, 5.41) is 0. The van der Waals surface area contributed by atoms with E-state index in [9.17, 15) is 8.42 Å². The van der Waals surface area contributed by atoms with Crippen molar-refractivity contribution in [2.45, 2.75) is 11.8 Å². The topological polar surface area (TPSA) is 52.0 Å². The largest absolute Gasteiger partial charge is 0.269 e. The lowest BCUT2D eigenvalue weighted by Crippen LogP contribution is -2.13. The van der Waals surface area contributed by atoms with Crippen molar-refractivity contribution in [2.24, 2.45) is 0 Å². The second-order valence-corrected chi connectivity index (χ2v) is 6.44. The van der Waals surface area contributed by atoms with Crippen molar-refractivity contribution >= 4 is 10.0 Å². The van der Waals surface area contributed by atoms with Crippen LogP contribution in [0.25, 0.3) is 11.3 Å². The third-order valence-electron chi connectivity index (χ3n) is 3.26. The molecule has 0 fully saturated rings. The Kier molecular flexibility index (Phi) is 3.35. The fourth-order valence-electron chi connectivity index (χ4n) is 2.19. The van der Waals surface area contributed by atoms with Crippen LogP contribution in [0, 0.1) is 13.0 Å². The molecule has 5 heteroatoms. The molecule has 2 heterocycles. The predicted octanol–water partition coefficient (Wildman–Crippen LogP) is 2.90. The molecule has 0 saturated heterocycles. The van der Waals surface area contributed by atoms with Crippen molar-refractivity contribution < 1.29 is 8.42 Å². The molecule has 0 unspecified atom stereocenters. The standard InChI is InChI=1S/C16H13N2O2S/c1-13-6-2-3-8-15(13)16-9-5-11-18(16)21(19,20)14-7-4-10-17-12-14/h2-4,6-12H,1H3. The van der Waals surface area contributed by atoms with Crippen molar-refractivity contribution in [1.29, 1.82) is 0 Å². The molecule has 0 spiro atoms. The van der Waals surface area contributed by atoms with Gasteiger partial charge in [0.15, 0.2) is 0 Å². The molecule has 3 aromatic rings. The van der Waals surface area contributed by atoms with Crippen molar-refractivity contribution in [3.63, 3.8) is 0 Å². The molecular weight excluding hydrogens is 284 g/mol. The van der Waals surface area contributed by atoms with Gasteiger partial charge < -0.3 is 0 Å². The number of aryl methyl sites for hydroxylation is 1. The van der Waals surface area contributed by atoms with Gasteiger partial charge in [-0.2, -0.15) is 0 Å². The first-order valence-corrected chi connectivity index (χ1v) is 7.85. The van der Waals surface area contributed by atoms with E-state index in [1.165, 1.54) is 22.4 Å². The monoisotopic (exact) mass is 297 g/mol. The second-order valence-electron chi connectivity index (χ2n) is 4.63. The van der Waals surface area contributed by atoms with Gasteiger partial charge in [0.05, 0.1) is 5.69 Å². The van der Waals surface area contributed by atoms with Gasteiger partial charge >= 0.3 is 0 Å². The van der Waals surface area contributed by atoms with Crippen LogP contribution in [0.4, 0.5) is 0 Å². The Morgan fingerprint density at radius 1 is 1.14 bits per heavy atom. The van der Waals surface area contributed by atoms with E-state index in [1.807, 2.05) is 31.2 Å². The molecule has 2 aromatic heterocycles. The number of hydrogen-bond acceptors (Lipinski definition) is 3. The first-order chi connectivity index (χ1) is 10.1. The average molecular weight is 297 g/mol. The molecule has 0 aliphatic heterocycles. The maximum Gasteiger partial charge on any atom is 0.269 e. The Bertz CT molecular complexity index is 868. The van der Waals surface area contributed by atoms with Gasteiger partial charge in [-0.15, -0.1) is 0 Å². The maximum atomic E-state index is 12.7. The van der Waals surface area contributed by atoms with Crippen molar-refractivity contribution in [3.8, 4) is 11.3 Å². The zero-order valence-corrected chi connectivity index (χ0v) is 12.2. The van der Waals surface area contributed by atoms with Crippen LogP contribution in [-0.4, -0.2) is 17.4 Å². The zero-order chi connectivity index (χ0) is 14.9.